The average Bonchev–Trinajstić information content (AvgIpc) is 2.58. The van der Waals surface area contributed by atoms with Crippen molar-refractivity contribution in [2.45, 2.75) is 6.92 Å². The van der Waals surface area contributed by atoms with Gasteiger partial charge < -0.3 is 10.5 Å². The Hall–Kier alpha value is -1.07. The van der Waals surface area contributed by atoms with E-state index in [-0.39, 0.29) is 12.4 Å². The Labute approximate surface area is 91.8 Å². The van der Waals surface area contributed by atoms with Crippen molar-refractivity contribution in [3.63, 3.8) is 0 Å². The van der Waals surface area contributed by atoms with Crippen LogP contribution >= 0.6 is 24.1 Å². The summed E-state index contributed by atoms with van der Waals surface area (Å²) in [4.78, 5) is 0. The van der Waals surface area contributed by atoms with Crippen LogP contribution in [0.4, 0.5) is 5.69 Å². The number of nitrogen functional groups attached to an aromatic ring is 1. The SMILES string of the molecule is CCOc1ccc2nsnc2c1N.Cl. The molecule has 0 saturated carbocycles. The lowest BCUT2D eigenvalue weighted by Crippen LogP contribution is -1.97. The van der Waals surface area contributed by atoms with Crippen molar-refractivity contribution >= 4 is 40.9 Å². The van der Waals surface area contributed by atoms with Gasteiger partial charge in [0.2, 0.25) is 0 Å². The van der Waals surface area contributed by atoms with Crippen LogP contribution in [0, 0.1) is 0 Å². The highest BCUT2D eigenvalue weighted by molar-refractivity contribution is 7.00. The predicted molar refractivity (Wildman–Crippen MR) is 60.2 cm³/mol. The van der Waals surface area contributed by atoms with Gasteiger partial charge in [-0.3, -0.25) is 0 Å². The molecule has 6 heteroatoms. The molecule has 0 saturated heterocycles. The number of halogens is 1. The molecule has 4 nitrogen and oxygen atoms in total. The van der Waals surface area contributed by atoms with E-state index < -0.39 is 0 Å². The van der Waals surface area contributed by atoms with Crippen molar-refractivity contribution in [2.75, 3.05) is 12.3 Å². The van der Waals surface area contributed by atoms with Crippen molar-refractivity contribution in [3.05, 3.63) is 12.1 Å². The van der Waals surface area contributed by atoms with Crippen LogP contribution in [0.1, 0.15) is 6.92 Å². The molecule has 0 aliphatic carbocycles. The third-order valence-corrected chi connectivity index (χ3v) is 2.27. The van der Waals surface area contributed by atoms with Gasteiger partial charge in [0.05, 0.1) is 18.3 Å². The molecule has 1 heterocycles. The standard InChI is InChI=1S/C8H9N3OS.ClH/c1-2-12-6-4-3-5-8(7(6)9)11-13-10-5;/h3-4H,2,9H2,1H3;1H. The zero-order valence-corrected chi connectivity index (χ0v) is 9.19. The highest BCUT2D eigenvalue weighted by Crippen LogP contribution is 2.28. The number of nitrogens with two attached hydrogens (primary N) is 1. The zero-order chi connectivity index (χ0) is 9.26. The molecule has 0 fully saturated rings. The van der Waals surface area contributed by atoms with Crippen molar-refractivity contribution in [1.82, 2.24) is 8.75 Å². The van der Waals surface area contributed by atoms with E-state index in [1.54, 1.807) is 0 Å². The smallest absolute Gasteiger partial charge is 0.144 e. The molecule has 0 radical (unpaired) electrons. The first kappa shape index (κ1) is 11.0. The summed E-state index contributed by atoms with van der Waals surface area (Å²) in [6.07, 6.45) is 0. The Morgan fingerprint density at radius 1 is 1.43 bits per heavy atom. The maximum absolute atomic E-state index is 5.83. The number of hydrogen-bond acceptors (Lipinski definition) is 5. The van der Waals surface area contributed by atoms with Gasteiger partial charge in [-0.2, -0.15) is 8.75 Å². The van der Waals surface area contributed by atoms with Crippen LogP contribution in [0.25, 0.3) is 11.0 Å². The Morgan fingerprint density at radius 2 is 2.21 bits per heavy atom. The largest absolute Gasteiger partial charge is 0.492 e. The summed E-state index contributed by atoms with van der Waals surface area (Å²) in [6.45, 7) is 2.52. The first-order chi connectivity index (χ1) is 6.33. The van der Waals surface area contributed by atoms with E-state index in [1.807, 2.05) is 19.1 Å². The maximum Gasteiger partial charge on any atom is 0.144 e. The number of anilines is 1. The lowest BCUT2D eigenvalue weighted by atomic mass is 10.2. The van der Waals surface area contributed by atoms with E-state index >= 15 is 0 Å². The molecule has 0 aliphatic rings. The van der Waals surface area contributed by atoms with Crippen LogP contribution in [0.15, 0.2) is 12.1 Å². The quantitative estimate of drug-likeness (QED) is 0.804. The van der Waals surface area contributed by atoms with Gasteiger partial charge in [0, 0.05) is 0 Å². The topological polar surface area (TPSA) is 61.0 Å². The number of benzene rings is 1. The van der Waals surface area contributed by atoms with Crippen molar-refractivity contribution in [3.8, 4) is 5.75 Å². The number of ether oxygens (including phenoxy) is 1. The van der Waals surface area contributed by atoms with E-state index in [0.29, 0.717) is 18.0 Å². The average molecular weight is 232 g/mol. The fourth-order valence-electron chi connectivity index (χ4n) is 1.13. The normalized spacial score (nSPS) is 9.79. The maximum atomic E-state index is 5.83. The lowest BCUT2D eigenvalue weighted by Gasteiger charge is -2.05. The van der Waals surface area contributed by atoms with Crippen molar-refractivity contribution in [1.29, 1.82) is 0 Å². The Kier molecular flexibility index (Phi) is 3.49. The molecule has 1 aromatic heterocycles. The minimum Gasteiger partial charge on any atom is -0.492 e. The van der Waals surface area contributed by atoms with Crippen LogP contribution in [0.3, 0.4) is 0 Å². The van der Waals surface area contributed by atoms with Gasteiger partial charge >= 0.3 is 0 Å². The molecular formula is C8H10ClN3OS. The molecule has 0 bridgehead atoms. The molecule has 1 aromatic carbocycles. The van der Waals surface area contributed by atoms with Gasteiger partial charge in [0.15, 0.2) is 0 Å². The van der Waals surface area contributed by atoms with Crippen LogP contribution in [0.2, 0.25) is 0 Å². The van der Waals surface area contributed by atoms with E-state index in [1.165, 1.54) is 0 Å². The predicted octanol–water partition coefficient (Wildman–Crippen LogP) is 2.09. The summed E-state index contributed by atoms with van der Waals surface area (Å²) >= 11 is 1.16. The molecule has 2 aromatic rings. The van der Waals surface area contributed by atoms with Gasteiger partial charge in [-0.05, 0) is 19.1 Å². The summed E-state index contributed by atoms with van der Waals surface area (Å²) in [5.74, 6) is 0.683. The number of rotatable bonds is 2. The lowest BCUT2D eigenvalue weighted by molar-refractivity contribution is 0.342. The second-order valence-corrected chi connectivity index (χ2v) is 3.07. The van der Waals surface area contributed by atoms with Crippen LogP contribution in [-0.2, 0) is 0 Å². The molecule has 0 atom stereocenters. The molecular weight excluding hydrogens is 222 g/mol. The van der Waals surface area contributed by atoms with Crippen molar-refractivity contribution in [2.24, 2.45) is 0 Å². The molecule has 2 rings (SSSR count). The Morgan fingerprint density at radius 3 is 2.93 bits per heavy atom. The molecule has 14 heavy (non-hydrogen) atoms. The highest BCUT2D eigenvalue weighted by atomic mass is 35.5. The number of fused-ring (bicyclic) bond motifs is 1. The number of nitrogens with zero attached hydrogens (tertiary/aromatic N) is 2. The van der Waals surface area contributed by atoms with Crippen LogP contribution in [0.5, 0.6) is 5.75 Å². The molecule has 76 valence electrons. The van der Waals surface area contributed by atoms with Crippen LogP contribution in [-0.4, -0.2) is 15.4 Å². The fraction of sp³-hybridized carbons (Fsp3) is 0.250. The number of hydrogen-bond donors (Lipinski definition) is 1. The van der Waals surface area contributed by atoms with Crippen LogP contribution < -0.4 is 10.5 Å². The molecule has 0 aliphatic heterocycles. The van der Waals surface area contributed by atoms with E-state index in [0.717, 1.165) is 22.8 Å². The van der Waals surface area contributed by atoms with Gasteiger partial charge in [-0.15, -0.1) is 12.4 Å². The van der Waals surface area contributed by atoms with Crippen molar-refractivity contribution < 1.29 is 4.74 Å². The molecule has 2 N–H and O–H groups in total. The van der Waals surface area contributed by atoms with Gasteiger partial charge in [-0.25, -0.2) is 0 Å². The second kappa shape index (κ2) is 4.43. The van der Waals surface area contributed by atoms with Gasteiger partial charge in [0.25, 0.3) is 0 Å². The third kappa shape index (κ3) is 1.73. The Balaban J connectivity index is 0.000000980. The zero-order valence-electron chi connectivity index (χ0n) is 7.56. The third-order valence-electron chi connectivity index (χ3n) is 1.73. The van der Waals surface area contributed by atoms with E-state index in [2.05, 4.69) is 8.75 Å². The number of aromatic nitrogens is 2. The first-order valence-electron chi connectivity index (χ1n) is 3.96. The molecule has 0 amide bonds. The summed E-state index contributed by atoms with van der Waals surface area (Å²) in [5, 5.41) is 0. The first-order valence-corrected chi connectivity index (χ1v) is 4.69. The van der Waals surface area contributed by atoms with Gasteiger partial charge in [-0.1, -0.05) is 0 Å². The minimum absolute atomic E-state index is 0. The summed E-state index contributed by atoms with van der Waals surface area (Å²) in [6, 6.07) is 3.68. The van der Waals surface area contributed by atoms with Gasteiger partial charge in [0.1, 0.15) is 22.5 Å². The Bertz CT molecular complexity index is 431. The molecule has 0 unspecified atom stereocenters. The second-order valence-electron chi connectivity index (χ2n) is 2.54. The summed E-state index contributed by atoms with van der Waals surface area (Å²) in [5.41, 5.74) is 7.96. The van der Waals surface area contributed by atoms with E-state index in [9.17, 15) is 0 Å². The highest BCUT2D eigenvalue weighted by Gasteiger charge is 2.07. The fourth-order valence-corrected chi connectivity index (χ4v) is 1.68. The minimum atomic E-state index is 0. The summed E-state index contributed by atoms with van der Waals surface area (Å²) < 4.78 is 13.5. The summed E-state index contributed by atoms with van der Waals surface area (Å²) in [7, 11) is 0. The monoisotopic (exact) mass is 231 g/mol. The van der Waals surface area contributed by atoms with E-state index in [4.69, 9.17) is 10.5 Å². The molecule has 0 spiro atoms.